The van der Waals surface area contributed by atoms with E-state index in [1.807, 2.05) is 20.8 Å². The fourth-order valence-corrected chi connectivity index (χ4v) is 2.94. The zero-order valence-corrected chi connectivity index (χ0v) is 13.7. The summed E-state index contributed by atoms with van der Waals surface area (Å²) < 4.78 is 29.2. The quantitative estimate of drug-likeness (QED) is 0.378. The zero-order chi connectivity index (χ0) is 15.4. The lowest BCUT2D eigenvalue weighted by Crippen LogP contribution is -2.22. The van der Waals surface area contributed by atoms with Crippen molar-refractivity contribution in [1.29, 1.82) is 0 Å². The predicted molar refractivity (Wildman–Crippen MR) is 81.4 cm³/mol. The Morgan fingerprint density at radius 3 is 2.40 bits per heavy atom. The smallest absolute Gasteiger partial charge is 0.319 e. The molecule has 120 valence electrons. The number of alkyl halides is 2. The van der Waals surface area contributed by atoms with E-state index in [1.165, 1.54) is 0 Å². The summed E-state index contributed by atoms with van der Waals surface area (Å²) in [7, 11) is 0. The van der Waals surface area contributed by atoms with Gasteiger partial charge in [0.15, 0.2) is 0 Å². The zero-order valence-electron chi connectivity index (χ0n) is 12.9. The minimum atomic E-state index is -2.19. The van der Waals surface area contributed by atoms with Crippen LogP contribution in [0.25, 0.3) is 0 Å². The van der Waals surface area contributed by atoms with Gasteiger partial charge in [-0.05, 0) is 30.9 Å². The van der Waals surface area contributed by atoms with Crippen molar-refractivity contribution in [2.45, 2.75) is 71.0 Å². The molecule has 2 nitrogen and oxygen atoms in total. The number of ether oxygens (including phenoxy) is 1. The van der Waals surface area contributed by atoms with Gasteiger partial charge in [-0.1, -0.05) is 33.6 Å². The van der Waals surface area contributed by atoms with Crippen molar-refractivity contribution in [3.8, 4) is 0 Å². The van der Waals surface area contributed by atoms with E-state index < -0.39 is 6.43 Å². The first-order valence-corrected chi connectivity index (χ1v) is 8.58. The van der Waals surface area contributed by atoms with Crippen LogP contribution < -0.4 is 0 Å². The number of rotatable bonds is 12. The molecule has 0 bridgehead atoms. The molecule has 0 rings (SSSR count). The van der Waals surface area contributed by atoms with Crippen LogP contribution >= 0.6 is 11.8 Å². The van der Waals surface area contributed by atoms with Gasteiger partial charge in [0.1, 0.15) is 5.25 Å². The summed E-state index contributed by atoms with van der Waals surface area (Å²) in [6, 6.07) is 0. The number of hydrogen-bond donors (Lipinski definition) is 0. The maximum Gasteiger partial charge on any atom is 0.319 e. The van der Waals surface area contributed by atoms with E-state index in [0.717, 1.165) is 31.4 Å². The minimum absolute atomic E-state index is 0.0144. The van der Waals surface area contributed by atoms with Gasteiger partial charge in [-0.15, -0.1) is 11.8 Å². The van der Waals surface area contributed by atoms with E-state index in [4.69, 9.17) is 4.74 Å². The molecule has 0 amide bonds. The molecule has 0 aliphatic rings. The number of carbonyl (C=O) groups excluding carboxylic acids is 1. The lowest BCUT2D eigenvalue weighted by Gasteiger charge is -2.16. The molecule has 20 heavy (non-hydrogen) atoms. The van der Waals surface area contributed by atoms with Crippen molar-refractivity contribution in [2.75, 3.05) is 12.4 Å². The SMILES string of the molecule is CCCC(SCCCCCC(F)F)C(=O)OCC(C)C. The number of carbonyl (C=O) groups is 1. The summed E-state index contributed by atoms with van der Waals surface area (Å²) in [5.74, 6) is 1.06. The molecule has 0 aliphatic carbocycles. The number of halogens is 2. The average Bonchev–Trinajstić information content (AvgIpc) is 2.38. The molecule has 1 atom stereocenters. The van der Waals surface area contributed by atoms with E-state index >= 15 is 0 Å². The molecular formula is C15H28F2O2S. The van der Waals surface area contributed by atoms with Crippen LogP contribution in [0.5, 0.6) is 0 Å². The van der Waals surface area contributed by atoms with Crippen molar-refractivity contribution in [3.05, 3.63) is 0 Å². The summed E-state index contributed by atoms with van der Waals surface area (Å²) in [6.07, 6.45) is 1.81. The van der Waals surface area contributed by atoms with E-state index in [9.17, 15) is 13.6 Å². The van der Waals surface area contributed by atoms with Gasteiger partial charge < -0.3 is 4.74 Å². The largest absolute Gasteiger partial charge is 0.465 e. The van der Waals surface area contributed by atoms with Gasteiger partial charge in [0.2, 0.25) is 6.43 Å². The molecule has 0 saturated heterocycles. The van der Waals surface area contributed by atoms with Crippen LogP contribution in [0.3, 0.4) is 0 Å². The molecule has 0 aromatic heterocycles. The highest BCUT2D eigenvalue weighted by Gasteiger charge is 2.19. The second-order valence-corrected chi connectivity index (χ2v) is 6.72. The Morgan fingerprint density at radius 2 is 1.85 bits per heavy atom. The molecule has 1 unspecified atom stereocenters. The molecule has 0 aromatic carbocycles. The standard InChI is InChI=1S/C15H28F2O2S/c1-4-8-13(15(18)19-11-12(2)3)20-10-7-5-6-9-14(16)17/h12-14H,4-11H2,1-3H3. The maximum absolute atomic E-state index is 12.0. The van der Waals surface area contributed by atoms with Gasteiger partial charge in [0, 0.05) is 6.42 Å². The van der Waals surface area contributed by atoms with Gasteiger partial charge in [0.25, 0.3) is 0 Å². The van der Waals surface area contributed by atoms with Crippen LogP contribution in [0.2, 0.25) is 0 Å². The first kappa shape index (κ1) is 19.7. The highest BCUT2D eigenvalue weighted by atomic mass is 32.2. The normalized spacial score (nSPS) is 12.9. The van der Waals surface area contributed by atoms with Crippen molar-refractivity contribution >= 4 is 17.7 Å². The molecule has 0 aliphatic heterocycles. The third-order valence-corrected chi connectivity index (χ3v) is 4.11. The van der Waals surface area contributed by atoms with E-state index in [-0.39, 0.29) is 17.6 Å². The first-order chi connectivity index (χ1) is 9.47. The summed E-state index contributed by atoms with van der Waals surface area (Å²) in [5.41, 5.74) is 0. The molecule has 0 radical (unpaired) electrons. The molecule has 0 aromatic rings. The van der Waals surface area contributed by atoms with Crippen molar-refractivity contribution in [3.63, 3.8) is 0 Å². The molecule has 0 saturated carbocycles. The highest BCUT2D eigenvalue weighted by molar-refractivity contribution is 8.00. The van der Waals surface area contributed by atoms with Crippen LogP contribution in [-0.4, -0.2) is 30.0 Å². The summed E-state index contributed by atoms with van der Waals surface area (Å²) in [4.78, 5) is 11.9. The predicted octanol–water partition coefficient (Wildman–Crippen LogP) is 4.91. The minimum Gasteiger partial charge on any atom is -0.465 e. The third-order valence-electron chi connectivity index (χ3n) is 2.76. The molecule has 0 heterocycles. The lowest BCUT2D eigenvalue weighted by molar-refractivity contribution is -0.144. The topological polar surface area (TPSA) is 26.3 Å². The number of unbranched alkanes of at least 4 members (excludes halogenated alkanes) is 2. The summed E-state index contributed by atoms with van der Waals surface area (Å²) in [5, 5.41) is -0.103. The molecule has 0 N–H and O–H groups in total. The van der Waals surface area contributed by atoms with Gasteiger partial charge >= 0.3 is 5.97 Å². The van der Waals surface area contributed by atoms with Crippen LogP contribution in [0, 0.1) is 5.92 Å². The van der Waals surface area contributed by atoms with E-state index in [1.54, 1.807) is 11.8 Å². The van der Waals surface area contributed by atoms with Gasteiger partial charge in [-0.3, -0.25) is 4.79 Å². The Balaban J connectivity index is 3.81. The molecule has 5 heteroatoms. The summed E-state index contributed by atoms with van der Waals surface area (Å²) >= 11 is 1.60. The molecule has 0 fully saturated rings. The molecule has 0 spiro atoms. The Kier molecular flexibility index (Phi) is 12.2. The lowest BCUT2D eigenvalue weighted by atomic mass is 10.2. The molecular weight excluding hydrogens is 282 g/mol. The second kappa shape index (κ2) is 12.4. The Labute approximate surface area is 126 Å². The Hall–Kier alpha value is -0.320. The van der Waals surface area contributed by atoms with Gasteiger partial charge in [-0.2, -0.15) is 0 Å². The number of esters is 1. The maximum atomic E-state index is 12.0. The van der Waals surface area contributed by atoms with Crippen LogP contribution in [0.4, 0.5) is 8.78 Å². The average molecular weight is 310 g/mol. The fourth-order valence-electron chi connectivity index (χ4n) is 1.68. The van der Waals surface area contributed by atoms with Gasteiger partial charge in [-0.25, -0.2) is 8.78 Å². The highest BCUT2D eigenvalue weighted by Crippen LogP contribution is 2.21. The van der Waals surface area contributed by atoms with Gasteiger partial charge in [0.05, 0.1) is 6.61 Å². The van der Waals surface area contributed by atoms with Crippen LogP contribution in [0.15, 0.2) is 0 Å². The first-order valence-electron chi connectivity index (χ1n) is 7.53. The number of thioether (sulfide) groups is 1. The Bertz CT molecular complexity index is 248. The Morgan fingerprint density at radius 1 is 1.15 bits per heavy atom. The van der Waals surface area contributed by atoms with E-state index in [2.05, 4.69) is 0 Å². The fraction of sp³-hybridized carbons (Fsp3) is 0.933. The van der Waals surface area contributed by atoms with Crippen molar-refractivity contribution in [2.24, 2.45) is 5.92 Å². The van der Waals surface area contributed by atoms with Crippen molar-refractivity contribution in [1.82, 2.24) is 0 Å². The van der Waals surface area contributed by atoms with E-state index in [0.29, 0.717) is 18.9 Å². The third kappa shape index (κ3) is 11.5. The van der Waals surface area contributed by atoms with Crippen molar-refractivity contribution < 1.29 is 18.3 Å². The summed E-state index contributed by atoms with van der Waals surface area (Å²) in [6.45, 7) is 6.54. The monoisotopic (exact) mass is 310 g/mol. The second-order valence-electron chi connectivity index (χ2n) is 5.41. The van der Waals surface area contributed by atoms with Crippen LogP contribution in [-0.2, 0) is 9.53 Å². The number of hydrogen-bond acceptors (Lipinski definition) is 3. The van der Waals surface area contributed by atoms with Crippen LogP contribution in [0.1, 0.15) is 59.3 Å².